The Morgan fingerprint density at radius 1 is 1.40 bits per heavy atom. The maximum atomic E-state index is 11.6. The minimum absolute atomic E-state index is 0.0579. The molecule has 5 nitrogen and oxygen atoms in total. The summed E-state index contributed by atoms with van der Waals surface area (Å²) < 4.78 is 17.4. The standard InChI is InChI=1S/C19H29NO4Si/c1-19(2,3)25(5,6)24-16-13-23-18(14-8-7-11-20-12-14)15(16)9-10-17(21)22-4/h7-12,15-16,18H,13H2,1-6H3/t15-,16-,18-/m1/s1. The number of ether oxygens (including phenoxy) is 2. The van der Waals surface area contributed by atoms with Gasteiger partial charge in [0.2, 0.25) is 0 Å². The second-order valence-corrected chi connectivity index (χ2v) is 12.7. The van der Waals surface area contributed by atoms with E-state index in [0.717, 1.165) is 5.56 Å². The van der Waals surface area contributed by atoms with Crippen molar-refractivity contribution < 1.29 is 18.7 Å². The highest BCUT2D eigenvalue weighted by molar-refractivity contribution is 6.74. The van der Waals surface area contributed by atoms with Gasteiger partial charge in [-0.3, -0.25) is 4.98 Å². The Morgan fingerprint density at radius 3 is 2.68 bits per heavy atom. The fourth-order valence-electron chi connectivity index (χ4n) is 2.63. The molecule has 3 atom stereocenters. The average molecular weight is 364 g/mol. The molecule has 0 N–H and O–H groups in total. The van der Waals surface area contributed by atoms with E-state index in [4.69, 9.17) is 13.9 Å². The Labute approximate surface area is 151 Å². The molecule has 1 aliphatic heterocycles. The van der Waals surface area contributed by atoms with Crippen LogP contribution in [0.4, 0.5) is 0 Å². The molecule has 1 aromatic heterocycles. The van der Waals surface area contributed by atoms with Gasteiger partial charge in [-0.1, -0.05) is 32.9 Å². The largest absolute Gasteiger partial charge is 0.466 e. The van der Waals surface area contributed by atoms with Crippen molar-refractivity contribution in [2.24, 2.45) is 5.92 Å². The van der Waals surface area contributed by atoms with E-state index in [1.807, 2.05) is 18.2 Å². The monoisotopic (exact) mass is 363 g/mol. The smallest absolute Gasteiger partial charge is 0.330 e. The first-order chi connectivity index (χ1) is 11.7. The molecule has 1 fully saturated rings. The number of hydrogen-bond donors (Lipinski definition) is 0. The van der Waals surface area contributed by atoms with Gasteiger partial charge in [0.25, 0.3) is 0 Å². The molecular weight excluding hydrogens is 334 g/mol. The van der Waals surface area contributed by atoms with E-state index in [2.05, 4.69) is 38.8 Å². The zero-order chi connectivity index (χ0) is 18.7. The first-order valence-electron chi connectivity index (χ1n) is 8.61. The first-order valence-corrected chi connectivity index (χ1v) is 11.5. The third-order valence-corrected chi connectivity index (χ3v) is 9.64. The van der Waals surface area contributed by atoms with Crippen molar-refractivity contribution in [3.8, 4) is 0 Å². The molecule has 0 unspecified atom stereocenters. The van der Waals surface area contributed by atoms with E-state index in [1.165, 1.54) is 13.2 Å². The summed E-state index contributed by atoms with van der Waals surface area (Å²) in [5.74, 6) is -0.430. The van der Waals surface area contributed by atoms with Gasteiger partial charge in [-0.15, -0.1) is 0 Å². The van der Waals surface area contributed by atoms with Crippen molar-refractivity contribution in [2.45, 2.75) is 51.1 Å². The predicted molar refractivity (Wildman–Crippen MR) is 99.6 cm³/mol. The molecule has 0 spiro atoms. The number of carbonyl (C=O) groups excluding carboxylic acids is 1. The summed E-state index contributed by atoms with van der Waals surface area (Å²) in [6.45, 7) is 11.6. The fourth-order valence-corrected chi connectivity index (χ4v) is 3.96. The number of methoxy groups -OCH3 is 1. The maximum Gasteiger partial charge on any atom is 0.330 e. The Kier molecular flexibility index (Phi) is 6.19. The van der Waals surface area contributed by atoms with Crippen LogP contribution in [0.5, 0.6) is 0 Å². The van der Waals surface area contributed by atoms with Crippen LogP contribution < -0.4 is 0 Å². The van der Waals surface area contributed by atoms with E-state index in [0.29, 0.717) is 6.61 Å². The van der Waals surface area contributed by atoms with Gasteiger partial charge in [-0.25, -0.2) is 4.79 Å². The lowest BCUT2D eigenvalue weighted by Crippen LogP contribution is -2.45. The van der Waals surface area contributed by atoms with Gasteiger partial charge in [-0.05, 0) is 29.8 Å². The molecule has 2 heterocycles. The molecule has 0 bridgehead atoms. The SMILES string of the molecule is COC(=O)C=C[C@H]1[C@@H](c2cccnc2)OC[C@H]1O[Si](C)(C)C(C)(C)C. The zero-order valence-electron chi connectivity index (χ0n) is 16.0. The fraction of sp³-hybridized carbons (Fsp3) is 0.579. The van der Waals surface area contributed by atoms with Crippen LogP contribution in [-0.2, 0) is 18.7 Å². The Balaban J connectivity index is 2.26. The molecule has 0 aliphatic carbocycles. The number of nitrogens with zero attached hydrogens (tertiary/aromatic N) is 1. The molecule has 138 valence electrons. The molecular formula is C19H29NO4Si. The third kappa shape index (κ3) is 4.77. The number of pyridine rings is 1. The lowest BCUT2D eigenvalue weighted by Gasteiger charge is -2.39. The summed E-state index contributed by atoms with van der Waals surface area (Å²) >= 11 is 0. The van der Waals surface area contributed by atoms with E-state index in [-0.39, 0.29) is 29.1 Å². The van der Waals surface area contributed by atoms with Crippen LogP contribution in [0.25, 0.3) is 0 Å². The van der Waals surface area contributed by atoms with Gasteiger partial charge >= 0.3 is 5.97 Å². The lowest BCUT2D eigenvalue weighted by atomic mass is 9.94. The molecule has 1 aliphatic rings. The van der Waals surface area contributed by atoms with Crippen molar-refractivity contribution in [3.05, 3.63) is 42.2 Å². The van der Waals surface area contributed by atoms with Gasteiger partial charge in [-0.2, -0.15) is 0 Å². The summed E-state index contributed by atoms with van der Waals surface area (Å²) in [7, 11) is -0.577. The Bertz CT molecular complexity index is 610. The number of carbonyl (C=O) groups is 1. The number of esters is 1. The van der Waals surface area contributed by atoms with Crippen molar-refractivity contribution in [1.82, 2.24) is 4.98 Å². The molecule has 0 saturated carbocycles. The second-order valence-electron chi connectivity index (χ2n) is 7.92. The second kappa shape index (κ2) is 7.80. The van der Waals surface area contributed by atoms with E-state index in [1.54, 1.807) is 12.4 Å². The van der Waals surface area contributed by atoms with Crippen molar-refractivity contribution in [1.29, 1.82) is 0 Å². The van der Waals surface area contributed by atoms with Crippen LogP contribution in [0.3, 0.4) is 0 Å². The van der Waals surface area contributed by atoms with E-state index >= 15 is 0 Å². The molecule has 0 amide bonds. The predicted octanol–water partition coefficient (Wildman–Crippen LogP) is 3.89. The number of rotatable bonds is 5. The zero-order valence-corrected chi connectivity index (χ0v) is 17.0. The third-order valence-electron chi connectivity index (χ3n) is 5.14. The summed E-state index contributed by atoms with van der Waals surface area (Å²) in [4.78, 5) is 15.8. The minimum atomic E-state index is -1.95. The quantitative estimate of drug-likeness (QED) is 0.451. The maximum absolute atomic E-state index is 11.6. The highest BCUT2D eigenvalue weighted by Gasteiger charge is 2.45. The van der Waals surface area contributed by atoms with Crippen LogP contribution in [0.1, 0.15) is 32.4 Å². The number of hydrogen-bond acceptors (Lipinski definition) is 5. The van der Waals surface area contributed by atoms with Gasteiger partial charge in [0, 0.05) is 24.4 Å². The van der Waals surface area contributed by atoms with Gasteiger partial charge in [0.05, 0.1) is 25.9 Å². The highest BCUT2D eigenvalue weighted by Crippen LogP contribution is 2.43. The minimum Gasteiger partial charge on any atom is -0.466 e. The van der Waals surface area contributed by atoms with E-state index in [9.17, 15) is 4.79 Å². The lowest BCUT2D eigenvalue weighted by molar-refractivity contribution is -0.134. The van der Waals surface area contributed by atoms with E-state index < -0.39 is 8.32 Å². The Morgan fingerprint density at radius 2 is 2.12 bits per heavy atom. The van der Waals surface area contributed by atoms with Gasteiger partial charge < -0.3 is 13.9 Å². The molecule has 25 heavy (non-hydrogen) atoms. The highest BCUT2D eigenvalue weighted by atomic mass is 28.4. The van der Waals surface area contributed by atoms with Crippen molar-refractivity contribution >= 4 is 14.3 Å². The average Bonchev–Trinajstić information content (AvgIpc) is 2.94. The van der Waals surface area contributed by atoms with Crippen LogP contribution in [-0.4, -0.2) is 39.1 Å². The van der Waals surface area contributed by atoms with Crippen LogP contribution in [0, 0.1) is 5.92 Å². The molecule has 6 heteroatoms. The van der Waals surface area contributed by atoms with Crippen LogP contribution in [0.15, 0.2) is 36.7 Å². The van der Waals surface area contributed by atoms with Crippen LogP contribution in [0.2, 0.25) is 18.1 Å². The topological polar surface area (TPSA) is 57.7 Å². The summed E-state index contributed by atoms with van der Waals surface area (Å²) in [6, 6.07) is 3.88. The summed E-state index contributed by atoms with van der Waals surface area (Å²) in [5.41, 5.74) is 0.989. The normalized spacial score (nSPS) is 24.6. The van der Waals surface area contributed by atoms with Crippen molar-refractivity contribution in [2.75, 3.05) is 13.7 Å². The van der Waals surface area contributed by atoms with Gasteiger partial charge in [0.1, 0.15) is 0 Å². The summed E-state index contributed by atoms with van der Waals surface area (Å²) in [6.07, 6.45) is 6.59. The molecule has 1 aromatic rings. The molecule has 1 saturated heterocycles. The Hall–Kier alpha value is -1.50. The van der Waals surface area contributed by atoms with Gasteiger partial charge in [0.15, 0.2) is 8.32 Å². The molecule has 2 rings (SSSR count). The van der Waals surface area contributed by atoms with Crippen molar-refractivity contribution in [3.63, 3.8) is 0 Å². The number of aromatic nitrogens is 1. The molecule has 0 aromatic carbocycles. The molecule has 0 radical (unpaired) electrons. The van der Waals surface area contributed by atoms with Crippen LogP contribution >= 0.6 is 0 Å². The first kappa shape index (κ1) is 19.8. The summed E-state index contributed by atoms with van der Waals surface area (Å²) in [5, 5.41) is 0.107.